The molecule has 0 saturated heterocycles. The summed E-state index contributed by atoms with van der Waals surface area (Å²) in [5.74, 6) is 0. The molecule has 0 bridgehead atoms. The predicted octanol–water partition coefficient (Wildman–Crippen LogP) is 3.13. The highest BCUT2D eigenvalue weighted by Gasteiger charge is 2.24. The fraction of sp³-hybridized carbons (Fsp3) is 0.625. The molecule has 2 heteroatoms. The van der Waals surface area contributed by atoms with Crippen LogP contribution in [-0.2, 0) is 0 Å². The van der Waals surface area contributed by atoms with Crippen LogP contribution in [0.4, 0.5) is 0 Å². The van der Waals surface area contributed by atoms with E-state index < -0.39 is 0 Å². The Morgan fingerprint density at radius 2 is 1.94 bits per heavy atom. The maximum Gasteiger partial charge on any atom is 0.0449 e. The fourth-order valence-electron chi connectivity index (χ4n) is 2.60. The molecule has 2 rings (SSSR count). The van der Waals surface area contributed by atoms with Crippen molar-refractivity contribution in [2.24, 2.45) is 0 Å². The number of aryl methyl sites for hydroxylation is 1. The van der Waals surface area contributed by atoms with Crippen molar-refractivity contribution in [1.82, 2.24) is 10.2 Å². The zero-order valence-electron chi connectivity index (χ0n) is 11.9. The van der Waals surface area contributed by atoms with Crippen LogP contribution in [0.25, 0.3) is 0 Å². The predicted molar refractivity (Wildman–Crippen MR) is 77.9 cm³/mol. The van der Waals surface area contributed by atoms with Crippen molar-refractivity contribution < 1.29 is 0 Å². The van der Waals surface area contributed by atoms with Crippen LogP contribution < -0.4 is 5.32 Å². The first-order valence-corrected chi connectivity index (χ1v) is 7.21. The van der Waals surface area contributed by atoms with Gasteiger partial charge in [-0.25, -0.2) is 0 Å². The van der Waals surface area contributed by atoms with Gasteiger partial charge in [0.05, 0.1) is 0 Å². The van der Waals surface area contributed by atoms with Crippen LogP contribution in [0.1, 0.15) is 43.4 Å². The zero-order valence-corrected chi connectivity index (χ0v) is 11.9. The van der Waals surface area contributed by atoms with Crippen molar-refractivity contribution in [2.45, 2.75) is 45.2 Å². The molecular formula is C16H26N2. The molecule has 18 heavy (non-hydrogen) atoms. The Kier molecular flexibility index (Phi) is 4.79. The molecule has 1 aromatic carbocycles. The minimum Gasteiger partial charge on any atom is -0.309 e. The first-order valence-electron chi connectivity index (χ1n) is 7.21. The number of likely N-dealkylation sites (N-methyl/N-ethyl adjacent to an activating group) is 2. The van der Waals surface area contributed by atoms with Crippen LogP contribution in [0.5, 0.6) is 0 Å². The van der Waals surface area contributed by atoms with Crippen molar-refractivity contribution in [3.05, 3.63) is 35.4 Å². The summed E-state index contributed by atoms with van der Waals surface area (Å²) in [6, 6.07) is 10.2. The molecule has 1 saturated carbocycles. The van der Waals surface area contributed by atoms with Gasteiger partial charge in [0.2, 0.25) is 0 Å². The minimum absolute atomic E-state index is 0.459. The van der Waals surface area contributed by atoms with Gasteiger partial charge in [0.15, 0.2) is 0 Å². The summed E-state index contributed by atoms with van der Waals surface area (Å²) in [6.07, 6.45) is 4.16. The Morgan fingerprint density at radius 3 is 2.44 bits per heavy atom. The molecule has 0 radical (unpaired) electrons. The second-order valence-corrected chi connectivity index (χ2v) is 5.55. The van der Waals surface area contributed by atoms with Gasteiger partial charge in [0.25, 0.3) is 0 Å². The van der Waals surface area contributed by atoms with Gasteiger partial charge < -0.3 is 10.2 Å². The third-order valence-electron chi connectivity index (χ3n) is 4.10. The fourth-order valence-corrected chi connectivity index (χ4v) is 2.60. The molecule has 0 amide bonds. The summed E-state index contributed by atoms with van der Waals surface area (Å²) in [4.78, 5) is 2.52. The van der Waals surface area contributed by atoms with Crippen LogP contribution in [0.3, 0.4) is 0 Å². The average Bonchev–Trinajstić information content (AvgIpc) is 2.27. The average molecular weight is 246 g/mol. The van der Waals surface area contributed by atoms with Gasteiger partial charge in [-0.05, 0) is 38.9 Å². The maximum absolute atomic E-state index is 3.61. The molecule has 1 aliphatic carbocycles. The summed E-state index contributed by atoms with van der Waals surface area (Å²) in [6.45, 7) is 6.47. The van der Waals surface area contributed by atoms with Crippen LogP contribution in [0.2, 0.25) is 0 Å². The van der Waals surface area contributed by atoms with Gasteiger partial charge in [-0.1, -0.05) is 43.2 Å². The second-order valence-electron chi connectivity index (χ2n) is 5.55. The number of benzene rings is 1. The summed E-state index contributed by atoms with van der Waals surface area (Å²) < 4.78 is 0. The number of hydrogen-bond acceptors (Lipinski definition) is 2. The van der Waals surface area contributed by atoms with E-state index in [9.17, 15) is 0 Å². The van der Waals surface area contributed by atoms with Gasteiger partial charge in [-0.3, -0.25) is 0 Å². The van der Waals surface area contributed by atoms with Crippen LogP contribution in [-0.4, -0.2) is 31.1 Å². The lowest BCUT2D eigenvalue weighted by atomic mass is 9.91. The largest absolute Gasteiger partial charge is 0.309 e. The van der Waals surface area contributed by atoms with E-state index >= 15 is 0 Å². The van der Waals surface area contributed by atoms with E-state index in [1.165, 1.54) is 30.4 Å². The summed E-state index contributed by atoms with van der Waals surface area (Å²) >= 11 is 0. The highest BCUT2D eigenvalue weighted by Crippen LogP contribution is 2.25. The van der Waals surface area contributed by atoms with E-state index in [1.807, 2.05) is 0 Å². The van der Waals surface area contributed by atoms with Gasteiger partial charge in [-0.15, -0.1) is 0 Å². The van der Waals surface area contributed by atoms with Gasteiger partial charge in [0.1, 0.15) is 0 Å². The van der Waals surface area contributed by atoms with Crippen LogP contribution in [0.15, 0.2) is 24.3 Å². The van der Waals surface area contributed by atoms with E-state index in [2.05, 4.69) is 55.4 Å². The highest BCUT2D eigenvalue weighted by atomic mass is 15.2. The lowest BCUT2D eigenvalue weighted by molar-refractivity contribution is 0.145. The third-order valence-corrected chi connectivity index (χ3v) is 4.10. The molecule has 1 unspecified atom stereocenters. The van der Waals surface area contributed by atoms with E-state index in [4.69, 9.17) is 0 Å². The molecular weight excluding hydrogens is 220 g/mol. The van der Waals surface area contributed by atoms with Gasteiger partial charge >= 0.3 is 0 Å². The van der Waals surface area contributed by atoms with E-state index in [-0.39, 0.29) is 0 Å². The third kappa shape index (κ3) is 3.33. The van der Waals surface area contributed by atoms with E-state index in [1.54, 1.807) is 0 Å². The first-order chi connectivity index (χ1) is 8.70. The molecule has 100 valence electrons. The maximum atomic E-state index is 3.61. The minimum atomic E-state index is 0.459. The van der Waals surface area contributed by atoms with E-state index in [0.717, 1.165) is 19.1 Å². The molecule has 0 aromatic heterocycles. The van der Waals surface area contributed by atoms with Crippen molar-refractivity contribution in [3.63, 3.8) is 0 Å². The summed E-state index contributed by atoms with van der Waals surface area (Å²) in [5.41, 5.74) is 2.75. The SMILES string of the molecule is CCNC(CN(C)C1CCC1)c1ccc(C)cc1. The quantitative estimate of drug-likeness (QED) is 0.829. The first kappa shape index (κ1) is 13.6. The Labute approximate surface area is 111 Å². The van der Waals surface area contributed by atoms with Gasteiger partial charge in [-0.2, -0.15) is 0 Å². The number of rotatable bonds is 6. The summed E-state index contributed by atoms with van der Waals surface area (Å²) in [7, 11) is 2.27. The Bertz CT molecular complexity index is 354. The molecule has 1 atom stereocenters. The lowest BCUT2D eigenvalue weighted by Crippen LogP contribution is -2.42. The van der Waals surface area contributed by atoms with Crippen molar-refractivity contribution in [1.29, 1.82) is 0 Å². The smallest absolute Gasteiger partial charge is 0.0449 e. The molecule has 1 aromatic rings. The monoisotopic (exact) mass is 246 g/mol. The van der Waals surface area contributed by atoms with Gasteiger partial charge in [0, 0.05) is 18.6 Å². The Balaban J connectivity index is 2.00. The standard InChI is InChI=1S/C16H26N2/c1-4-17-16(12-18(3)15-6-5-7-15)14-10-8-13(2)9-11-14/h8-11,15-17H,4-7,12H2,1-3H3. The normalized spacial score (nSPS) is 17.8. The second kappa shape index (κ2) is 6.35. The molecule has 0 aliphatic heterocycles. The molecule has 0 heterocycles. The van der Waals surface area contributed by atoms with E-state index in [0.29, 0.717) is 6.04 Å². The topological polar surface area (TPSA) is 15.3 Å². The van der Waals surface area contributed by atoms with Crippen molar-refractivity contribution >= 4 is 0 Å². The lowest BCUT2D eigenvalue weighted by Gasteiger charge is -2.37. The van der Waals surface area contributed by atoms with Crippen molar-refractivity contribution in [3.8, 4) is 0 Å². The zero-order chi connectivity index (χ0) is 13.0. The molecule has 1 N–H and O–H groups in total. The number of hydrogen-bond donors (Lipinski definition) is 1. The molecule has 2 nitrogen and oxygen atoms in total. The number of nitrogens with zero attached hydrogens (tertiary/aromatic N) is 1. The molecule has 1 aliphatic rings. The molecule has 1 fully saturated rings. The summed E-state index contributed by atoms with van der Waals surface area (Å²) in [5, 5.41) is 3.61. The number of nitrogens with one attached hydrogen (secondary N) is 1. The highest BCUT2D eigenvalue weighted by molar-refractivity contribution is 5.24. The Hall–Kier alpha value is -0.860. The van der Waals surface area contributed by atoms with Crippen LogP contribution in [0, 0.1) is 6.92 Å². The molecule has 0 spiro atoms. The van der Waals surface area contributed by atoms with Crippen molar-refractivity contribution in [2.75, 3.05) is 20.1 Å². The Morgan fingerprint density at radius 1 is 1.28 bits per heavy atom. The van der Waals surface area contributed by atoms with Crippen LogP contribution >= 0.6 is 0 Å².